The number of nitrogen functional groups attached to an aromatic ring is 1. The fourth-order valence-electron chi connectivity index (χ4n) is 2.46. The Kier molecular flexibility index (Phi) is 2.45. The van der Waals surface area contributed by atoms with Crippen LogP contribution in [0.4, 0.5) is 5.95 Å². The highest BCUT2D eigenvalue weighted by molar-refractivity contribution is 5.99. The molecular formula is C13H14N4O2. The van der Waals surface area contributed by atoms with Crippen molar-refractivity contribution in [3.8, 4) is 5.75 Å². The zero-order valence-electron chi connectivity index (χ0n) is 10.3. The van der Waals surface area contributed by atoms with Crippen LogP contribution in [0.3, 0.4) is 0 Å². The van der Waals surface area contributed by atoms with E-state index < -0.39 is 5.91 Å². The SMILES string of the molecule is C=CCC1COc2cc(C(N)=O)cc3nc(N)n1c23. The molecule has 19 heavy (non-hydrogen) atoms. The van der Waals surface area contributed by atoms with E-state index in [4.69, 9.17) is 16.2 Å². The topological polar surface area (TPSA) is 96.2 Å². The first-order valence-corrected chi connectivity index (χ1v) is 5.96. The Morgan fingerprint density at radius 3 is 3.11 bits per heavy atom. The third kappa shape index (κ3) is 1.64. The zero-order chi connectivity index (χ0) is 13.6. The van der Waals surface area contributed by atoms with E-state index in [0.29, 0.717) is 29.4 Å². The molecule has 1 aromatic carbocycles. The van der Waals surface area contributed by atoms with E-state index in [1.54, 1.807) is 12.1 Å². The first-order valence-electron chi connectivity index (χ1n) is 5.96. The Balaban J connectivity index is 2.27. The maximum absolute atomic E-state index is 11.3. The normalized spacial score (nSPS) is 17.2. The highest BCUT2D eigenvalue weighted by Gasteiger charge is 2.26. The molecule has 1 atom stereocenters. The number of carbonyl (C=O) groups excluding carboxylic acids is 1. The van der Waals surface area contributed by atoms with Gasteiger partial charge in [0.2, 0.25) is 11.9 Å². The number of hydrogen-bond donors (Lipinski definition) is 2. The Morgan fingerprint density at radius 2 is 2.42 bits per heavy atom. The van der Waals surface area contributed by atoms with Gasteiger partial charge >= 0.3 is 0 Å². The molecule has 4 N–H and O–H groups in total. The van der Waals surface area contributed by atoms with Gasteiger partial charge in [-0.2, -0.15) is 0 Å². The van der Waals surface area contributed by atoms with Crippen molar-refractivity contribution in [1.29, 1.82) is 0 Å². The van der Waals surface area contributed by atoms with E-state index in [9.17, 15) is 4.79 Å². The number of nitrogens with two attached hydrogens (primary N) is 2. The average Bonchev–Trinajstić information content (AvgIpc) is 2.71. The average molecular weight is 258 g/mol. The quantitative estimate of drug-likeness (QED) is 0.809. The number of allylic oxidation sites excluding steroid dienone is 1. The predicted octanol–water partition coefficient (Wildman–Crippen LogP) is 1.23. The molecule has 1 aromatic heterocycles. The van der Waals surface area contributed by atoms with Crippen molar-refractivity contribution < 1.29 is 9.53 Å². The third-order valence-corrected chi connectivity index (χ3v) is 3.30. The minimum absolute atomic E-state index is 0.0782. The van der Waals surface area contributed by atoms with E-state index >= 15 is 0 Å². The van der Waals surface area contributed by atoms with Gasteiger partial charge in [0.05, 0.1) is 11.6 Å². The summed E-state index contributed by atoms with van der Waals surface area (Å²) in [5.41, 5.74) is 13.1. The molecule has 2 heterocycles. The van der Waals surface area contributed by atoms with Gasteiger partial charge in [-0.25, -0.2) is 4.98 Å². The lowest BCUT2D eigenvalue weighted by molar-refractivity contribution is 0.1000. The number of rotatable bonds is 3. The largest absolute Gasteiger partial charge is 0.489 e. The van der Waals surface area contributed by atoms with Crippen LogP contribution >= 0.6 is 0 Å². The Labute approximate surface area is 109 Å². The molecule has 0 fully saturated rings. The molecule has 98 valence electrons. The summed E-state index contributed by atoms with van der Waals surface area (Å²) in [7, 11) is 0. The van der Waals surface area contributed by atoms with Crippen LogP contribution in [0.1, 0.15) is 22.8 Å². The van der Waals surface area contributed by atoms with Crippen LogP contribution in [0.25, 0.3) is 11.0 Å². The summed E-state index contributed by atoms with van der Waals surface area (Å²) in [5.74, 6) is 0.493. The Morgan fingerprint density at radius 1 is 1.63 bits per heavy atom. The number of aromatic nitrogens is 2. The van der Waals surface area contributed by atoms with Crippen molar-refractivity contribution in [3.05, 3.63) is 30.4 Å². The van der Waals surface area contributed by atoms with Gasteiger partial charge in [0.15, 0.2) is 0 Å². The molecule has 6 nitrogen and oxygen atoms in total. The van der Waals surface area contributed by atoms with Gasteiger partial charge in [-0.05, 0) is 18.6 Å². The fraction of sp³-hybridized carbons (Fsp3) is 0.231. The Bertz CT molecular complexity index is 689. The molecule has 1 aliphatic rings. The van der Waals surface area contributed by atoms with Crippen molar-refractivity contribution in [2.45, 2.75) is 12.5 Å². The molecule has 0 saturated carbocycles. The second kappa shape index (κ2) is 4.01. The zero-order valence-corrected chi connectivity index (χ0v) is 10.3. The number of nitrogens with zero attached hydrogens (tertiary/aromatic N) is 2. The van der Waals surface area contributed by atoms with E-state index in [1.807, 2.05) is 10.6 Å². The number of ether oxygens (including phenoxy) is 1. The van der Waals surface area contributed by atoms with Gasteiger partial charge in [-0.3, -0.25) is 4.79 Å². The summed E-state index contributed by atoms with van der Waals surface area (Å²) < 4.78 is 7.62. The summed E-state index contributed by atoms with van der Waals surface area (Å²) in [6, 6.07) is 3.34. The van der Waals surface area contributed by atoms with Crippen molar-refractivity contribution in [3.63, 3.8) is 0 Å². The molecule has 0 bridgehead atoms. The molecule has 6 heteroatoms. The van der Waals surface area contributed by atoms with Crippen molar-refractivity contribution in [2.24, 2.45) is 5.73 Å². The van der Waals surface area contributed by atoms with Crippen molar-refractivity contribution in [1.82, 2.24) is 9.55 Å². The van der Waals surface area contributed by atoms with Crippen LogP contribution in [0.2, 0.25) is 0 Å². The summed E-state index contributed by atoms with van der Waals surface area (Å²) in [6.07, 6.45) is 2.56. The molecule has 0 radical (unpaired) electrons. The maximum Gasteiger partial charge on any atom is 0.248 e. The van der Waals surface area contributed by atoms with Gasteiger partial charge in [0, 0.05) is 5.56 Å². The van der Waals surface area contributed by atoms with Crippen LogP contribution in [0.5, 0.6) is 5.75 Å². The van der Waals surface area contributed by atoms with E-state index in [0.717, 1.165) is 11.9 Å². The predicted molar refractivity (Wildman–Crippen MR) is 72.0 cm³/mol. The van der Waals surface area contributed by atoms with Gasteiger partial charge in [0.1, 0.15) is 17.9 Å². The van der Waals surface area contributed by atoms with E-state index in [-0.39, 0.29) is 6.04 Å². The highest BCUT2D eigenvalue weighted by atomic mass is 16.5. The monoisotopic (exact) mass is 258 g/mol. The van der Waals surface area contributed by atoms with E-state index in [1.165, 1.54) is 0 Å². The number of amides is 1. The molecular weight excluding hydrogens is 244 g/mol. The number of hydrogen-bond acceptors (Lipinski definition) is 4. The molecule has 1 aliphatic heterocycles. The van der Waals surface area contributed by atoms with Gasteiger partial charge in [-0.1, -0.05) is 6.08 Å². The van der Waals surface area contributed by atoms with Crippen LogP contribution < -0.4 is 16.2 Å². The molecule has 0 spiro atoms. The second-order valence-electron chi connectivity index (χ2n) is 4.54. The standard InChI is InChI=1S/C13H14N4O2/c1-2-3-8-6-19-10-5-7(12(14)18)4-9-11(10)17(8)13(15)16-9/h2,4-5,8H,1,3,6H2,(H2,14,18)(H2,15,16). The molecule has 3 rings (SSSR count). The number of imidazole rings is 1. The van der Waals surface area contributed by atoms with Crippen LogP contribution in [0, 0.1) is 0 Å². The minimum Gasteiger partial charge on any atom is -0.489 e. The lowest BCUT2D eigenvalue weighted by Gasteiger charge is -2.25. The highest BCUT2D eigenvalue weighted by Crippen LogP contribution is 2.37. The van der Waals surface area contributed by atoms with Crippen molar-refractivity contribution >= 4 is 22.9 Å². The number of carbonyl (C=O) groups is 1. The van der Waals surface area contributed by atoms with Crippen LogP contribution in [-0.4, -0.2) is 22.1 Å². The second-order valence-corrected chi connectivity index (χ2v) is 4.54. The first kappa shape index (κ1) is 11.6. The summed E-state index contributed by atoms with van der Waals surface area (Å²) >= 11 is 0. The molecule has 2 aromatic rings. The smallest absolute Gasteiger partial charge is 0.248 e. The summed E-state index contributed by atoms with van der Waals surface area (Å²) in [6.45, 7) is 4.20. The third-order valence-electron chi connectivity index (χ3n) is 3.30. The lowest BCUT2D eigenvalue weighted by atomic mass is 10.1. The van der Waals surface area contributed by atoms with Gasteiger partial charge < -0.3 is 20.8 Å². The minimum atomic E-state index is -0.511. The number of primary amides is 1. The Hall–Kier alpha value is -2.50. The fourth-order valence-corrected chi connectivity index (χ4v) is 2.46. The number of benzene rings is 1. The van der Waals surface area contributed by atoms with Gasteiger partial charge in [0.25, 0.3) is 0 Å². The van der Waals surface area contributed by atoms with Crippen LogP contribution in [0.15, 0.2) is 24.8 Å². The van der Waals surface area contributed by atoms with Crippen molar-refractivity contribution in [2.75, 3.05) is 12.3 Å². The molecule has 1 amide bonds. The number of anilines is 1. The summed E-state index contributed by atoms with van der Waals surface area (Å²) in [5, 5.41) is 0. The summed E-state index contributed by atoms with van der Waals surface area (Å²) in [4.78, 5) is 15.6. The lowest BCUT2D eigenvalue weighted by Crippen LogP contribution is -2.23. The molecule has 0 aliphatic carbocycles. The van der Waals surface area contributed by atoms with Gasteiger partial charge in [-0.15, -0.1) is 6.58 Å². The molecule has 0 saturated heterocycles. The first-order chi connectivity index (χ1) is 9.11. The van der Waals surface area contributed by atoms with Crippen LogP contribution in [-0.2, 0) is 0 Å². The molecule has 1 unspecified atom stereocenters. The van der Waals surface area contributed by atoms with E-state index in [2.05, 4.69) is 11.6 Å². The maximum atomic E-state index is 11.3.